The Morgan fingerprint density at radius 3 is 2.67 bits per heavy atom. The topological polar surface area (TPSA) is 146 Å². The first-order valence-corrected chi connectivity index (χ1v) is 8.18. The second kappa shape index (κ2) is 8.13. The van der Waals surface area contributed by atoms with Crippen molar-refractivity contribution in [2.75, 3.05) is 12.3 Å². The summed E-state index contributed by atoms with van der Waals surface area (Å²) in [5.41, 5.74) is 5.42. The summed E-state index contributed by atoms with van der Waals surface area (Å²) in [4.78, 5) is 18.2. The number of ether oxygens (including phenoxy) is 1. The Labute approximate surface area is 166 Å². The van der Waals surface area contributed by atoms with Gasteiger partial charge in [0.2, 0.25) is 5.82 Å². The summed E-state index contributed by atoms with van der Waals surface area (Å²) in [5, 5.41) is 23.8. The van der Waals surface area contributed by atoms with Crippen LogP contribution >= 0.6 is 0 Å². The van der Waals surface area contributed by atoms with Gasteiger partial charge in [0.05, 0.1) is 22.8 Å². The van der Waals surface area contributed by atoms with E-state index in [4.69, 9.17) is 11.0 Å². The van der Waals surface area contributed by atoms with Crippen LogP contribution in [0, 0.1) is 21.4 Å². The van der Waals surface area contributed by atoms with Crippen LogP contribution in [0.25, 0.3) is 16.9 Å². The first kappa shape index (κ1) is 20.7. The molecule has 30 heavy (non-hydrogen) atoms. The molecule has 0 aliphatic rings. The molecule has 3 heterocycles. The molecule has 0 aromatic carbocycles. The molecule has 10 nitrogen and oxygen atoms in total. The van der Waals surface area contributed by atoms with Gasteiger partial charge in [0.15, 0.2) is 11.9 Å². The first-order chi connectivity index (χ1) is 14.2. The number of hydrogen-bond donors (Lipinski definition) is 1. The van der Waals surface area contributed by atoms with Crippen molar-refractivity contribution in [3.63, 3.8) is 0 Å². The van der Waals surface area contributed by atoms with Crippen LogP contribution < -0.4 is 5.73 Å². The molecule has 0 saturated carbocycles. The minimum absolute atomic E-state index is 0.163. The van der Waals surface area contributed by atoms with Gasteiger partial charge in [-0.1, -0.05) is 6.07 Å². The molecular formula is C17H12F3N7O3. The van der Waals surface area contributed by atoms with E-state index in [0.717, 1.165) is 12.3 Å². The molecule has 0 fully saturated rings. The van der Waals surface area contributed by atoms with Crippen molar-refractivity contribution in [3.05, 3.63) is 58.7 Å². The molecule has 154 valence electrons. The van der Waals surface area contributed by atoms with Crippen LogP contribution in [0.3, 0.4) is 0 Å². The second-order valence-corrected chi connectivity index (χ2v) is 5.86. The molecule has 0 saturated heterocycles. The van der Waals surface area contributed by atoms with Crippen molar-refractivity contribution in [2.45, 2.75) is 12.3 Å². The Morgan fingerprint density at radius 1 is 1.30 bits per heavy atom. The van der Waals surface area contributed by atoms with Gasteiger partial charge < -0.3 is 10.5 Å². The van der Waals surface area contributed by atoms with Crippen molar-refractivity contribution >= 4 is 11.5 Å². The summed E-state index contributed by atoms with van der Waals surface area (Å²) < 4.78 is 45.2. The number of alkyl halides is 3. The van der Waals surface area contributed by atoms with E-state index in [9.17, 15) is 23.3 Å². The zero-order valence-corrected chi connectivity index (χ0v) is 14.9. The van der Waals surface area contributed by atoms with Crippen molar-refractivity contribution in [3.8, 4) is 23.0 Å². The highest BCUT2D eigenvalue weighted by Gasteiger charge is 2.42. The monoisotopic (exact) mass is 419 g/mol. The molecular weight excluding hydrogens is 407 g/mol. The maximum atomic E-state index is 13.1. The van der Waals surface area contributed by atoms with Gasteiger partial charge in [0, 0.05) is 29.7 Å². The lowest BCUT2D eigenvalue weighted by Gasteiger charge is -2.19. The lowest BCUT2D eigenvalue weighted by Crippen LogP contribution is -2.24. The van der Waals surface area contributed by atoms with E-state index in [0.29, 0.717) is 5.56 Å². The highest BCUT2D eigenvalue weighted by Crippen LogP contribution is 2.36. The number of hydrogen-bond acceptors (Lipinski definition) is 8. The third-order valence-corrected chi connectivity index (χ3v) is 3.95. The Balaban J connectivity index is 1.91. The third-order valence-electron chi connectivity index (χ3n) is 3.95. The molecule has 0 aliphatic carbocycles. The van der Waals surface area contributed by atoms with Crippen molar-refractivity contribution < 1.29 is 22.8 Å². The number of pyridine rings is 2. The zero-order chi connectivity index (χ0) is 21.9. The van der Waals surface area contributed by atoms with E-state index in [2.05, 4.69) is 19.8 Å². The first-order valence-electron chi connectivity index (χ1n) is 8.18. The number of nitrogens with two attached hydrogens (primary N) is 1. The van der Waals surface area contributed by atoms with Gasteiger partial charge >= 0.3 is 11.9 Å². The molecule has 13 heteroatoms. The predicted molar refractivity (Wildman–Crippen MR) is 96.0 cm³/mol. The van der Waals surface area contributed by atoms with Crippen molar-refractivity contribution in [2.24, 2.45) is 0 Å². The summed E-state index contributed by atoms with van der Waals surface area (Å²) in [6, 6.07) is 5.31. The average Bonchev–Trinajstić information content (AvgIpc) is 3.17. The van der Waals surface area contributed by atoms with Crippen LogP contribution in [0.15, 0.2) is 43.0 Å². The van der Waals surface area contributed by atoms with Gasteiger partial charge in [-0.15, -0.1) is 0 Å². The van der Waals surface area contributed by atoms with Crippen LogP contribution in [0.5, 0.6) is 0 Å². The minimum Gasteiger partial charge on any atom is -0.378 e. The lowest BCUT2D eigenvalue weighted by molar-refractivity contribution is -0.383. The molecule has 3 rings (SSSR count). The zero-order valence-electron chi connectivity index (χ0n) is 14.9. The fourth-order valence-electron chi connectivity index (χ4n) is 2.67. The van der Waals surface area contributed by atoms with E-state index < -0.39 is 23.8 Å². The summed E-state index contributed by atoms with van der Waals surface area (Å²) in [5.74, 6) is -0.0980. The summed E-state index contributed by atoms with van der Waals surface area (Å²) >= 11 is 0. The number of aromatic nitrogens is 4. The Bertz CT molecular complexity index is 1110. The number of rotatable bonds is 6. The second-order valence-electron chi connectivity index (χ2n) is 5.86. The van der Waals surface area contributed by atoms with Gasteiger partial charge in [0.1, 0.15) is 6.61 Å². The van der Waals surface area contributed by atoms with E-state index in [-0.39, 0.29) is 28.5 Å². The Kier molecular flexibility index (Phi) is 5.61. The molecule has 1 atom stereocenters. The van der Waals surface area contributed by atoms with Gasteiger partial charge in [-0.3, -0.25) is 10.1 Å². The third kappa shape index (κ3) is 4.18. The number of anilines is 1. The largest absolute Gasteiger partial charge is 0.418 e. The Hall–Kier alpha value is -4.05. The van der Waals surface area contributed by atoms with Crippen molar-refractivity contribution in [1.82, 2.24) is 19.7 Å². The number of halogens is 3. The standard InChI is InChI=1S/C17H12F3N7O3/c18-17(19,20)15(30-6-4-21)10-1-2-13(24-7-10)26-9-11(8-25-26)12-3-5-23-16(22)14(12)27(28)29/h1-3,5,7-9,15H,6H2,(H2,22,23). The van der Waals surface area contributed by atoms with Crippen LogP contribution in [0.2, 0.25) is 0 Å². The normalized spacial score (nSPS) is 12.3. The van der Waals surface area contributed by atoms with E-state index in [1.807, 2.05) is 0 Å². The number of nitrogens with zero attached hydrogens (tertiary/aromatic N) is 6. The van der Waals surface area contributed by atoms with Crippen molar-refractivity contribution in [1.29, 1.82) is 5.26 Å². The highest BCUT2D eigenvalue weighted by atomic mass is 19.4. The van der Waals surface area contributed by atoms with Crippen LogP contribution in [0.4, 0.5) is 24.7 Å². The van der Waals surface area contributed by atoms with E-state index in [1.165, 1.54) is 41.5 Å². The summed E-state index contributed by atoms with van der Waals surface area (Å²) in [6.45, 7) is -0.734. The molecule has 0 bridgehead atoms. The molecule has 0 spiro atoms. The molecule has 3 aromatic heterocycles. The highest BCUT2D eigenvalue weighted by molar-refractivity contribution is 5.78. The fraction of sp³-hybridized carbons (Fsp3) is 0.176. The number of nitro groups is 1. The lowest BCUT2D eigenvalue weighted by atomic mass is 10.1. The molecule has 3 aromatic rings. The average molecular weight is 419 g/mol. The van der Waals surface area contributed by atoms with Crippen LogP contribution in [-0.4, -0.2) is 37.5 Å². The predicted octanol–water partition coefficient (Wildman–Crippen LogP) is 2.96. The van der Waals surface area contributed by atoms with Crippen LogP contribution in [-0.2, 0) is 4.74 Å². The maximum Gasteiger partial charge on any atom is 0.418 e. The molecule has 0 aliphatic heterocycles. The molecule has 1 unspecified atom stereocenters. The molecule has 2 N–H and O–H groups in total. The number of nitriles is 1. The fourth-order valence-corrected chi connectivity index (χ4v) is 2.67. The Morgan fingerprint density at radius 2 is 2.07 bits per heavy atom. The maximum absolute atomic E-state index is 13.1. The molecule has 0 radical (unpaired) electrons. The van der Waals surface area contributed by atoms with Crippen LogP contribution in [0.1, 0.15) is 11.7 Å². The van der Waals surface area contributed by atoms with Gasteiger partial charge in [-0.2, -0.15) is 23.5 Å². The summed E-state index contributed by atoms with van der Waals surface area (Å²) in [6.07, 6.45) is -2.02. The SMILES string of the molecule is N#CCOC(c1ccc(-n2cc(-c3ccnc(N)c3[N+](=O)[O-])cn2)nc1)C(F)(F)F. The van der Waals surface area contributed by atoms with Gasteiger partial charge in [0.25, 0.3) is 0 Å². The van der Waals surface area contributed by atoms with Gasteiger partial charge in [-0.25, -0.2) is 14.6 Å². The van der Waals surface area contributed by atoms with E-state index in [1.54, 1.807) is 0 Å². The van der Waals surface area contributed by atoms with Gasteiger partial charge in [-0.05, 0) is 12.1 Å². The number of nitrogen functional groups attached to an aromatic ring is 1. The van der Waals surface area contributed by atoms with E-state index >= 15 is 0 Å². The smallest absolute Gasteiger partial charge is 0.378 e. The minimum atomic E-state index is -4.72. The quantitative estimate of drug-likeness (QED) is 0.474. The molecule has 0 amide bonds. The summed E-state index contributed by atoms with van der Waals surface area (Å²) in [7, 11) is 0.